The van der Waals surface area contributed by atoms with Crippen LogP contribution in [0.3, 0.4) is 0 Å². The quantitative estimate of drug-likeness (QED) is 0.194. The van der Waals surface area contributed by atoms with Crippen LogP contribution in [0, 0.1) is 13.7 Å². The highest BCUT2D eigenvalue weighted by Gasteiger charge is 2.74. The molecule has 2 aromatic carbocycles. The summed E-state index contributed by atoms with van der Waals surface area (Å²) in [6, 6.07) is 5.69. The van der Waals surface area contributed by atoms with Crippen LogP contribution in [0.4, 0.5) is 36.4 Å². The van der Waals surface area contributed by atoms with E-state index in [-0.39, 0.29) is 21.1 Å². The van der Waals surface area contributed by atoms with E-state index in [1.54, 1.807) is 0 Å². The summed E-state index contributed by atoms with van der Waals surface area (Å²) < 4.78 is 94.8. The van der Waals surface area contributed by atoms with Crippen LogP contribution in [0.2, 0.25) is 0 Å². The summed E-state index contributed by atoms with van der Waals surface area (Å²) in [6.45, 7) is 1.49. The van der Waals surface area contributed by atoms with Crippen LogP contribution in [-0.4, -0.2) is 17.3 Å². The van der Waals surface area contributed by atoms with Gasteiger partial charge in [0.25, 0.3) is 5.69 Å². The Labute approximate surface area is 167 Å². The standard InChI is InChI=1S/C17H11F7INO2/c1-2-9-7-11(25)8-13(15(18,16(19,20)21)17(22,23)24)14(9)10-3-5-12(6-4-10)26(27)28/h3-8H,2H2,1H3. The molecular weight excluding hydrogens is 510 g/mol. The number of alkyl halides is 7. The topological polar surface area (TPSA) is 43.1 Å². The number of halogens is 8. The van der Waals surface area contributed by atoms with E-state index < -0.39 is 39.8 Å². The van der Waals surface area contributed by atoms with Crippen LogP contribution in [-0.2, 0) is 12.1 Å². The molecule has 0 atom stereocenters. The highest BCUT2D eigenvalue weighted by Crippen LogP contribution is 2.56. The third kappa shape index (κ3) is 3.80. The third-order valence-electron chi connectivity index (χ3n) is 4.08. The molecule has 0 aliphatic heterocycles. The first-order valence-electron chi connectivity index (χ1n) is 7.64. The molecule has 0 amide bonds. The highest BCUT2D eigenvalue weighted by atomic mass is 127. The summed E-state index contributed by atoms with van der Waals surface area (Å²) in [6.07, 6.45) is -12.5. The molecule has 0 N–H and O–H groups in total. The number of nitro groups is 1. The van der Waals surface area contributed by atoms with Crippen LogP contribution in [0.1, 0.15) is 18.1 Å². The zero-order valence-corrected chi connectivity index (χ0v) is 16.1. The zero-order valence-electron chi connectivity index (χ0n) is 14.0. The maximum atomic E-state index is 14.8. The van der Waals surface area contributed by atoms with E-state index in [9.17, 15) is 40.8 Å². The number of aryl methyl sites for hydroxylation is 1. The van der Waals surface area contributed by atoms with Crippen molar-refractivity contribution >= 4 is 28.3 Å². The minimum absolute atomic E-state index is 0.00867. The molecule has 0 unspecified atom stereocenters. The van der Waals surface area contributed by atoms with E-state index in [1.807, 2.05) is 0 Å². The van der Waals surface area contributed by atoms with Crippen LogP contribution < -0.4 is 0 Å². The molecule has 0 spiro atoms. The van der Waals surface area contributed by atoms with Gasteiger partial charge in [0.2, 0.25) is 0 Å². The Hall–Kier alpha value is -1.92. The Balaban J connectivity index is 2.92. The SMILES string of the molecule is CCc1cc(I)cc(C(F)(C(F)(F)F)C(F)(F)F)c1-c1ccc([N+](=O)[O-])cc1. The molecule has 0 bridgehead atoms. The fourth-order valence-electron chi connectivity index (χ4n) is 2.77. The first kappa shape index (κ1) is 22.4. The molecule has 152 valence electrons. The predicted molar refractivity (Wildman–Crippen MR) is 95.5 cm³/mol. The first-order chi connectivity index (χ1) is 12.7. The second-order valence-corrected chi connectivity index (χ2v) is 7.04. The van der Waals surface area contributed by atoms with Gasteiger partial charge < -0.3 is 0 Å². The summed E-state index contributed by atoms with van der Waals surface area (Å²) in [4.78, 5) is 9.98. The number of non-ortho nitro benzene ring substituents is 1. The molecule has 3 nitrogen and oxygen atoms in total. The Morgan fingerprint density at radius 1 is 0.964 bits per heavy atom. The molecule has 0 fully saturated rings. The van der Waals surface area contributed by atoms with Gasteiger partial charge in [0.1, 0.15) is 0 Å². The van der Waals surface area contributed by atoms with E-state index in [0.717, 1.165) is 24.3 Å². The van der Waals surface area contributed by atoms with E-state index in [1.165, 1.54) is 35.6 Å². The van der Waals surface area contributed by atoms with Crippen molar-refractivity contribution in [3.05, 3.63) is 61.2 Å². The first-order valence-corrected chi connectivity index (χ1v) is 8.72. The lowest BCUT2D eigenvalue weighted by Gasteiger charge is -2.33. The van der Waals surface area contributed by atoms with Crippen LogP contribution in [0.25, 0.3) is 11.1 Å². The third-order valence-corrected chi connectivity index (χ3v) is 4.71. The normalized spacial score (nSPS) is 12.9. The van der Waals surface area contributed by atoms with Gasteiger partial charge in [-0.1, -0.05) is 6.92 Å². The Morgan fingerprint density at radius 3 is 1.86 bits per heavy atom. The number of hydrogen-bond donors (Lipinski definition) is 0. The van der Waals surface area contributed by atoms with E-state index in [4.69, 9.17) is 0 Å². The van der Waals surface area contributed by atoms with Gasteiger partial charge in [-0.2, -0.15) is 26.3 Å². The van der Waals surface area contributed by atoms with E-state index in [2.05, 4.69) is 0 Å². The zero-order chi connectivity index (χ0) is 21.5. The van der Waals surface area contributed by atoms with E-state index in [0.29, 0.717) is 6.07 Å². The highest BCUT2D eigenvalue weighted by molar-refractivity contribution is 14.1. The van der Waals surface area contributed by atoms with Crippen molar-refractivity contribution in [3.8, 4) is 11.1 Å². The second kappa shape index (κ2) is 7.48. The predicted octanol–water partition coefficient (Wildman–Crippen LogP) is 6.72. The molecule has 0 saturated carbocycles. The van der Waals surface area contributed by atoms with Crippen molar-refractivity contribution < 1.29 is 35.7 Å². The average Bonchev–Trinajstić information content (AvgIpc) is 2.58. The maximum absolute atomic E-state index is 14.8. The Bertz CT molecular complexity index is 878. The summed E-state index contributed by atoms with van der Waals surface area (Å²) in [5.41, 5.74) is -8.34. The van der Waals surface area contributed by atoms with Crippen LogP contribution >= 0.6 is 22.6 Å². The molecule has 0 heterocycles. The molecule has 0 aliphatic carbocycles. The maximum Gasteiger partial charge on any atom is 0.435 e. The Morgan fingerprint density at radius 2 is 1.46 bits per heavy atom. The van der Waals surface area contributed by atoms with Gasteiger partial charge in [-0.25, -0.2) is 4.39 Å². The summed E-state index contributed by atoms with van der Waals surface area (Å²) >= 11 is 1.51. The molecule has 2 rings (SSSR count). The molecule has 0 saturated heterocycles. The lowest BCUT2D eigenvalue weighted by molar-refractivity contribution is -0.384. The molecule has 28 heavy (non-hydrogen) atoms. The minimum Gasteiger partial charge on any atom is -0.258 e. The lowest BCUT2D eigenvalue weighted by atomic mass is 9.84. The average molecular weight is 521 g/mol. The number of benzene rings is 2. The van der Waals surface area contributed by atoms with Crippen molar-refractivity contribution in [2.75, 3.05) is 0 Å². The van der Waals surface area contributed by atoms with Crippen molar-refractivity contribution in [2.45, 2.75) is 31.4 Å². The van der Waals surface area contributed by atoms with Crippen molar-refractivity contribution in [2.24, 2.45) is 0 Å². The van der Waals surface area contributed by atoms with Gasteiger partial charge in [0.15, 0.2) is 0 Å². The number of hydrogen-bond acceptors (Lipinski definition) is 2. The molecule has 2 aromatic rings. The van der Waals surface area contributed by atoms with Crippen LogP contribution in [0.5, 0.6) is 0 Å². The molecule has 0 aromatic heterocycles. The molecular formula is C17H11F7INO2. The second-order valence-electron chi connectivity index (χ2n) is 5.80. The molecule has 11 heteroatoms. The van der Waals surface area contributed by atoms with Gasteiger partial charge >= 0.3 is 18.0 Å². The lowest BCUT2D eigenvalue weighted by Crippen LogP contribution is -2.50. The minimum atomic E-state index is -6.27. The fourth-order valence-corrected chi connectivity index (χ4v) is 3.46. The molecule has 0 aliphatic rings. The van der Waals surface area contributed by atoms with Crippen molar-refractivity contribution in [3.63, 3.8) is 0 Å². The monoisotopic (exact) mass is 521 g/mol. The van der Waals surface area contributed by atoms with Crippen LogP contribution in [0.15, 0.2) is 36.4 Å². The summed E-state index contributed by atoms with van der Waals surface area (Å²) in [5.74, 6) is 0. The van der Waals surface area contributed by atoms with Gasteiger partial charge in [-0.15, -0.1) is 0 Å². The number of rotatable bonds is 4. The largest absolute Gasteiger partial charge is 0.435 e. The Kier molecular flexibility index (Phi) is 5.98. The van der Waals surface area contributed by atoms with Gasteiger partial charge in [-0.05, 0) is 70.0 Å². The van der Waals surface area contributed by atoms with Crippen molar-refractivity contribution in [1.82, 2.24) is 0 Å². The fraction of sp³-hybridized carbons (Fsp3) is 0.294. The van der Waals surface area contributed by atoms with Gasteiger partial charge in [0, 0.05) is 21.3 Å². The smallest absolute Gasteiger partial charge is 0.258 e. The van der Waals surface area contributed by atoms with E-state index >= 15 is 0 Å². The number of nitrogens with zero attached hydrogens (tertiary/aromatic N) is 1. The van der Waals surface area contributed by atoms with Gasteiger partial charge in [0.05, 0.1) is 4.92 Å². The molecule has 0 radical (unpaired) electrons. The summed E-state index contributed by atoms with van der Waals surface area (Å²) in [7, 11) is 0. The number of nitro benzene ring substituents is 1. The summed E-state index contributed by atoms with van der Waals surface area (Å²) in [5, 5.41) is 10.8. The van der Waals surface area contributed by atoms with Gasteiger partial charge in [-0.3, -0.25) is 10.1 Å². The van der Waals surface area contributed by atoms with Crippen molar-refractivity contribution in [1.29, 1.82) is 0 Å².